The molecule has 0 bridgehead atoms. The number of hydroxylamine groups is 6. The SMILES string of the molecule is CC(=O)N([O-])CCCCCNC(=O)CCC(=O)N([O-])CCCCCNC(=O)CCC(=O)N([O-])CCCCCN. The summed E-state index contributed by atoms with van der Waals surface area (Å²) < 4.78 is 0. The zero-order valence-electron chi connectivity index (χ0n) is 23.1. The molecule has 39 heavy (non-hydrogen) atoms. The van der Waals surface area contributed by atoms with Gasteiger partial charge in [-0.05, 0) is 57.9 Å². The highest BCUT2D eigenvalue weighted by molar-refractivity contribution is 5.84. The molecule has 14 nitrogen and oxygen atoms in total. The molecule has 0 heterocycles. The van der Waals surface area contributed by atoms with Crippen LogP contribution in [-0.2, 0) is 24.0 Å². The van der Waals surface area contributed by atoms with Crippen LogP contribution in [0.15, 0.2) is 0 Å². The van der Waals surface area contributed by atoms with Crippen molar-refractivity contribution in [1.29, 1.82) is 0 Å². The molecule has 0 aromatic carbocycles. The summed E-state index contributed by atoms with van der Waals surface area (Å²) in [6.07, 6.45) is 5.10. The van der Waals surface area contributed by atoms with Crippen molar-refractivity contribution in [3.8, 4) is 0 Å². The van der Waals surface area contributed by atoms with E-state index in [1.807, 2.05) is 0 Å². The number of carbonyl (C=O) groups is 5. The number of hydrogen-bond donors (Lipinski definition) is 3. The quantitative estimate of drug-likeness (QED) is 0.121. The molecule has 0 rings (SSSR count). The number of amides is 5. The van der Waals surface area contributed by atoms with Gasteiger partial charge in [0.1, 0.15) is 0 Å². The number of rotatable bonds is 23. The first-order valence-corrected chi connectivity index (χ1v) is 13.7. The largest absolute Gasteiger partial charge is 0.756 e. The molecule has 5 amide bonds. The Bertz CT molecular complexity index is 739. The van der Waals surface area contributed by atoms with E-state index in [4.69, 9.17) is 5.73 Å². The van der Waals surface area contributed by atoms with E-state index in [-0.39, 0.29) is 57.1 Å². The number of hydrogen-bond acceptors (Lipinski definition) is 9. The van der Waals surface area contributed by atoms with E-state index in [1.165, 1.54) is 6.92 Å². The van der Waals surface area contributed by atoms with E-state index >= 15 is 0 Å². The topological polar surface area (TPSA) is 214 Å². The Hall–Kier alpha value is -2.81. The Kier molecular flexibility index (Phi) is 21.4. The molecule has 0 atom stereocenters. The molecule has 4 N–H and O–H groups in total. The van der Waals surface area contributed by atoms with Crippen LogP contribution in [0.4, 0.5) is 0 Å². The van der Waals surface area contributed by atoms with Crippen molar-refractivity contribution in [2.24, 2.45) is 5.73 Å². The lowest BCUT2D eigenvalue weighted by Crippen LogP contribution is -2.30. The lowest BCUT2D eigenvalue weighted by molar-refractivity contribution is -0.131. The zero-order valence-corrected chi connectivity index (χ0v) is 23.1. The summed E-state index contributed by atoms with van der Waals surface area (Å²) in [5, 5.41) is 41.1. The standard InChI is InChI=1S/C25H45N6O8/c1-21(32)29(37)18-9-3-6-16-27-22(33)12-14-25(36)31(39)20-10-4-7-17-28-23(34)11-13-24(35)30(38)19-8-2-5-15-26/h2-20,26H2,1H3,(H,27,33)(H,28,34)/q-3. The Labute approximate surface area is 230 Å². The molecule has 0 saturated carbocycles. The van der Waals surface area contributed by atoms with Crippen LogP contribution in [0.5, 0.6) is 0 Å². The second kappa shape index (κ2) is 23.1. The van der Waals surface area contributed by atoms with Gasteiger partial charge in [-0.1, -0.05) is 6.42 Å². The molecule has 0 aliphatic rings. The van der Waals surface area contributed by atoms with Crippen LogP contribution in [0.2, 0.25) is 0 Å². The smallest absolute Gasteiger partial charge is 0.220 e. The van der Waals surface area contributed by atoms with E-state index in [1.54, 1.807) is 0 Å². The van der Waals surface area contributed by atoms with Crippen LogP contribution in [-0.4, -0.2) is 84.0 Å². The minimum Gasteiger partial charge on any atom is -0.756 e. The minimum atomic E-state index is -0.672. The molecular weight excluding hydrogens is 512 g/mol. The molecule has 0 aromatic heterocycles. The Morgan fingerprint density at radius 1 is 0.564 bits per heavy atom. The van der Waals surface area contributed by atoms with Crippen LogP contribution in [0.1, 0.15) is 90.4 Å². The lowest BCUT2D eigenvalue weighted by atomic mass is 10.2. The van der Waals surface area contributed by atoms with Gasteiger partial charge in [-0.2, -0.15) is 0 Å². The first-order valence-electron chi connectivity index (χ1n) is 13.7. The molecule has 226 valence electrons. The van der Waals surface area contributed by atoms with Crippen molar-refractivity contribution in [3.05, 3.63) is 15.6 Å². The summed E-state index contributed by atoms with van der Waals surface area (Å²) >= 11 is 0. The van der Waals surface area contributed by atoms with Gasteiger partial charge in [0, 0.05) is 65.3 Å². The molecule has 0 spiro atoms. The highest BCUT2D eigenvalue weighted by atomic mass is 16.5. The first-order chi connectivity index (χ1) is 18.6. The maximum absolute atomic E-state index is 11.9. The van der Waals surface area contributed by atoms with Gasteiger partial charge in [0.05, 0.1) is 0 Å². The van der Waals surface area contributed by atoms with E-state index < -0.39 is 17.7 Å². The van der Waals surface area contributed by atoms with Crippen molar-refractivity contribution < 1.29 is 24.0 Å². The number of carbonyl (C=O) groups excluding carboxylic acids is 5. The van der Waals surface area contributed by atoms with Gasteiger partial charge in [0.2, 0.25) is 29.5 Å². The fourth-order valence-electron chi connectivity index (χ4n) is 3.42. The number of nitrogens with two attached hydrogens (primary N) is 1. The second-order valence-corrected chi connectivity index (χ2v) is 9.28. The normalized spacial score (nSPS) is 10.6. The number of nitrogens with zero attached hydrogens (tertiary/aromatic N) is 3. The molecule has 14 heteroatoms. The summed E-state index contributed by atoms with van der Waals surface area (Å²) in [4.78, 5) is 58.1. The van der Waals surface area contributed by atoms with Gasteiger partial charge in [0.25, 0.3) is 0 Å². The predicted octanol–water partition coefficient (Wildman–Crippen LogP) is 1.25. The Morgan fingerprint density at radius 2 is 0.949 bits per heavy atom. The van der Waals surface area contributed by atoms with Crippen LogP contribution < -0.4 is 16.4 Å². The fourth-order valence-corrected chi connectivity index (χ4v) is 3.42. The van der Waals surface area contributed by atoms with Gasteiger partial charge >= 0.3 is 0 Å². The minimum absolute atomic E-state index is 0.00941. The third kappa shape index (κ3) is 20.8. The van der Waals surface area contributed by atoms with Crippen molar-refractivity contribution in [2.45, 2.75) is 90.4 Å². The van der Waals surface area contributed by atoms with Gasteiger partial charge in [-0.15, -0.1) is 0 Å². The maximum Gasteiger partial charge on any atom is 0.220 e. The van der Waals surface area contributed by atoms with Crippen molar-refractivity contribution in [1.82, 2.24) is 25.8 Å². The van der Waals surface area contributed by atoms with Crippen LogP contribution in [0, 0.1) is 15.6 Å². The molecule has 0 aliphatic carbocycles. The van der Waals surface area contributed by atoms with Crippen molar-refractivity contribution in [3.63, 3.8) is 0 Å². The third-order valence-corrected chi connectivity index (χ3v) is 5.83. The summed E-state index contributed by atoms with van der Waals surface area (Å²) in [6.45, 7) is 2.69. The molecule has 0 aromatic rings. The van der Waals surface area contributed by atoms with Crippen LogP contribution in [0.25, 0.3) is 0 Å². The van der Waals surface area contributed by atoms with Gasteiger partial charge in [-0.25, -0.2) is 0 Å². The zero-order chi connectivity index (χ0) is 29.5. The molecule has 0 saturated heterocycles. The van der Waals surface area contributed by atoms with Gasteiger partial charge < -0.3 is 47.2 Å². The molecular formula is C25H45N6O8-3. The summed E-state index contributed by atoms with van der Waals surface area (Å²) in [5.41, 5.74) is 5.37. The van der Waals surface area contributed by atoms with Crippen LogP contribution >= 0.6 is 0 Å². The summed E-state index contributed by atoms with van der Waals surface area (Å²) in [6, 6.07) is 0. The molecule has 0 fully saturated rings. The van der Waals surface area contributed by atoms with Crippen LogP contribution in [0.3, 0.4) is 0 Å². The molecule has 0 radical (unpaired) electrons. The van der Waals surface area contributed by atoms with Crippen molar-refractivity contribution in [2.75, 3.05) is 39.3 Å². The van der Waals surface area contributed by atoms with Gasteiger partial charge in [-0.3, -0.25) is 24.0 Å². The summed E-state index contributed by atoms with van der Waals surface area (Å²) in [5.74, 6) is -2.50. The lowest BCUT2D eigenvalue weighted by Gasteiger charge is -2.28. The van der Waals surface area contributed by atoms with E-state index in [0.717, 1.165) is 12.8 Å². The monoisotopic (exact) mass is 557 g/mol. The second-order valence-electron chi connectivity index (χ2n) is 9.28. The highest BCUT2D eigenvalue weighted by Crippen LogP contribution is 2.04. The average molecular weight is 558 g/mol. The maximum atomic E-state index is 11.9. The van der Waals surface area contributed by atoms with Gasteiger partial charge in [0.15, 0.2) is 0 Å². The predicted molar refractivity (Wildman–Crippen MR) is 146 cm³/mol. The first kappa shape index (κ1) is 36.2. The summed E-state index contributed by atoms with van der Waals surface area (Å²) in [7, 11) is 0. The number of nitrogens with one attached hydrogen (secondary N) is 2. The third-order valence-electron chi connectivity index (χ3n) is 5.83. The highest BCUT2D eigenvalue weighted by Gasteiger charge is 2.10. The Balaban J connectivity index is 3.75. The molecule has 0 aliphatic heterocycles. The number of unbranched alkanes of at least 4 members (excludes halogenated alkanes) is 6. The van der Waals surface area contributed by atoms with Crippen molar-refractivity contribution >= 4 is 29.5 Å². The Morgan fingerprint density at radius 3 is 1.33 bits per heavy atom. The fraction of sp³-hybridized carbons (Fsp3) is 0.800. The average Bonchev–Trinajstić information content (AvgIpc) is 2.91. The van der Waals surface area contributed by atoms with E-state index in [0.29, 0.717) is 79.8 Å². The van der Waals surface area contributed by atoms with E-state index in [2.05, 4.69) is 10.6 Å². The van der Waals surface area contributed by atoms with E-state index in [9.17, 15) is 39.6 Å². The molecule has 0 unspecified atom stereocenters.